The molecule has 1 heterocycles. The molecule has 2 fully saturated rings. The van der Waals surface area contributed by atoms with Crippen LogP contribution in [0.4, 0.5) is 0 Å². The molecular formula is C16H25N3O2. The van der Waals surface area contributed by atoms with Crippen molar-refractivity contribution in [2.75, 3.05) is 7.11 Å². The van der Waals surface area contributed by atoms with Gasteiger partial charge in [-0.2, -0.15) is 0 Å². The van der Waals surface area contributed by atoms with Crippen LogP contribution in [0.25, 0.3) is 0 Å². The summed E-state index contributed by atoms with van der Waals surface area (Å²) < 4.78 is 5.67. The average molecular weight is 291 g/mol. The quantitative estimate of drug-likeness (QED) is 0.844. The Hall–Kier alpha value is -1.20. The van der Waals surface area contributed by atoms with E-state index >= 15 is 0 Å². The molecule has 1 aromatic rings. The topological polar surface area (TPSA) is 67.0 Å². The lowest BCUT2D eigenvalue weighted by Gasteiger charge is -2.28. The summed E-state index contributed by atoms with van der Waals surface area (Å²) in [5.41, 5.74) is 0.740. The van der Waals surface area contributed by atoms with Gasteiger partial charge >= 0.3 is 0 Å². The van der Waals surface area contributed by atoms with Crippen molar-refractivity contribution in [2.24, 2.45) is 5.92 Å². The number of aromatic nitrogens is 2. The minimum atomic E-state index is -0.0844. The molecule has 21 heavy (non-hydrogen) atoms. The molecular weight excluding hydrogens is 266 g/mol. The molecule has 2 aliphatic rings. The fourth-order valence-corrected chi connectivity index (χ4v) is 3.25. The Morgan fingerprint density at radius 3 is 2.76 bits per heavy atom. The number of hydrogen-bond acceptors (Lipinski definition) is 4. The zero-order valence-electron chi connectivity index (χ0n) is 12.7. The number of H-pyrrole nitrogens is 1. The molecule has 0 spiro atoms. The van der Waals surface area contributed by atoms with Crippen LogP contribution < -0.4 is 10.9 Å². The smallest absolute Gasteiger partial charge is 0.251 e. The normalized spacial score (nSPS) is 21.4. The molecule has 3 rings (SSSR count). The first kappa shape index (κ1) is 14.7. The summed E-state index contributed by atoms with van der Waals surface area (Å²) in [6.07, 6.45) is 8.51. The highest BCUT2D eigenvalue weighted by atomic mass is 16.5. The van der Waals surface area contributed by atoms with Crippen LogP contribution >= 0.6 is 0 Å². The molecule has 116 valence electrons. The molecule has 0 radical (unpaired) electrons. The second-order valence-corrected chi connectivity index (χ2v) is 6.33. The number of ether oxygens (including phenoxy) is 1. The molecule has 1 unspecified atom stereocenters. The van der Waals surface area contributed by atoms with Gasteiger partial charge in [0.2, 0.25) is 0 Å². The first-order valence-corrected chi connectivity index (χ1v) is 8.12. The van der Waals surface area contributed by atoms with Gasteiger partial charge in [-0.25, -0.2) is 4.98 Å². The fraction of sp³-hybridized carbons (Fsp3) is 0.750. The highest BCUT2D eigenvalue weighted by molar-refractivity contribution is 5.06. The molecule has 0 amide bonds. The number of methoxy groups -OCH3 is 1. The van der Waals surface area contributed by atoms with E-state index in [1.807, 2.05) is 0 Å². The monoisotopic (exact) mass is 291 g/mol. The standard InChI is InChI=1S/C16H25N3O2/c1-21-15(11-5-3-2-4-6-11)16-18-13(9-14(20)19-16)10-17-12-7-8-12/h9,11-12,15,17H,2-8,10H2,1H3,(H,18,19,20). The molecule has 0 bridgehead atoms. The highest BCUT2D eigenvalue weighted by Gasteiger charge is 2.27. The van der Waals surface area contributed by atoms with E-state index in [9.17, 15) is 4.79 Å². The Morgan fingerprint density at radius 1 is 1.33 bits per heavy atom. The number of hydrogen-bond donors (Lipinski definition) is 2. The number of rotatable bonds is 6. The van der Waals surface area contributed by atoms with Gasteiger partial charge < -0.3 is 15.0 Å². The van der Waals surface area contributed by atoms with Crippen molar-refractivity contribution in [1.29, 1.82) is 0 Å². The fourth-order valence-electron chi connectivity index (χ4n) is 3.25. The van der Waals surface area contributed by atoms with Crippen molar-refractivity contribution in [3.8, 4) is 0 Å². The predicted molar refractivity (Wildman–Crippen MR) is 81.0 cm³/mol. The maximum atomic E-state index is 11.9. The number of nitrogens with one attached hydrogen (secondary N) is 2. The van der Waals surface area contributed by atoms with Crippen molar-refractivity contribution in [3.05, 3.63) is 27.9 Å². The SMILES string of the molecule is COC(c1nc(CNC2CC2)cc(=O)[nH]1)C1CCCCC1. The minimum Gasteiger partial charge on any atom is -0.373 e. The molecule has 0 aromatic carbocycles. The molecule has 2 aliphatic carbocycles. The van der Waals surface area contributed by atoms with Crippen molar-refractivity contribution in [1.82, 2.24) is 15.3 Å². The van der Waals surface area contributed by atoms with E-state index in [0.717, 1.165) is 18.5 Å². The molecule has 0 saturated heterocycles. The Balaban J connectivity index is 1.75. The van der Waals surface area contributed by atoms with E-state index < -0.39 is 0 Å². The lowest BCUT2D eigenvalue weighted by atomic mass is 9.85. The maximum Gasteiger partial charge on any atom is 0.251 e. The predicted octanol–water partition coefficient (Wildman–Crippen LogP) is 2.29. The summed E-state index contributed by atoms with van der Waals surface area (Å²) in [6.45, 7) is 0.669. The Labute approximate surface area is 125 Å². The van der Waals surface area contributed by atoms with E-state index in [0.29, 0.717) is 24.3 Å². The van der Waals surface area contributed by atoms with Gasteiger partial charge in [0.25, 0.3) is 5.56 Å². The van der Waals surface area contributed by atoms with Gasteiger partial charge in [-0.1, -0.05) is 19.3 Å². The number of nitrogens with zero attached hydrogens (tertiary/aromatic N) is 1. The van der Waals surface area contributed by atoms with Crippen molar-refractivity contribution in [3.63, 3.8) is 0 Å². The summed E-state index contributed by atoms with van der Waals surface area (Å²) in [7, 11) is 1.72. The van der Waals surface area contributed by atoms with Crippen LogP contribution in [0.3, 0.4) is 0 Å². The summed E-state index contributed by atoms with van der Waals surface area (Å²) in [5.74, 6) is 1.17. The van der Waals surface area contributed by atoms with Gasteiger partial charge in [-0.3, -0.25) is 4.79 Å². The zero-order chi connectivity index (χ0) is 14.7. The van der Waals surface area contributed by atoms with Crippen LogP contribution in [-0.4, -0.2) is 23.1 Å². The lowest BCUT2D eigenvalue weighted by molar-refractivity contribution is 0.0285. The van der Waals surface area contributed by atoms with Crippen LogP contribution in [0.1, 0.15) is 62.6 Å². The Bertz CT molecular complexity index is 518. The van der Waals surface area contributed by atoms with Gasteiger partial charge in [0.1, 0.15) is 11.9 Å². The maximum absolute atomic E-state index is 11.9. The van der Waals surface area contributed by atoms with Crippen molar-refractivity contribution >= 4 is 0 Å². The molecule has 5 heteroatoms. The third kappa shape index (κ3) is 3.92. The highest BCUT2D eigenvalue weighted by Crippen LogP contribution is 2.34. The summed E-state index contributed by atoms with van der Waals surface area (Å²) in [4.78, 5) is 19.4. The van der Waals surface area contributed by atoms with Gasteiger partial charge in [-0.05, 0) is 31.6 Å². The minimum absolute atomic E-state index is 0.0783. The van der Waals surface area contributed by atoms with E-state index in [1.54, 1.807) is 13.2 Å². The van der Waals surface area contributed by atoms with E-state index in [1.165, 1.54) is 32.1 Å². The van der Waals surface area contributed by atoms with E-state index in [-0.39, 0.29) is 11.7 Å². The van der Waals surface area contributed by atoms with Gasteiger partial charge in [0.15, 0.2) is 0 Å². The summed E-state index contributed by atoms with van der Waals surface area (Å²) in [5, 5.41) is 3.41. The average Bonchev–Trinajstić information content (AvgIpc) is 3.31. The second kappa shape index (κ2) is 6.71. The van der Waals surface area contributed by atoms with Gasteiger partial charge in [-0.15, -0.1) is 0 Å². The van der Waals surface area contributed by atoms with Crippen LogP contribution in [0.5, 0.6) is 0 Å². The third-order valence-electron chi connectivity index (χ3n) is 4.56. The largest absolute Gasteiger partial charge is 0.373 e. The molecule has 2 N–H and O–H groups in total. The van der Waals surface area contributed by atoms with Crippen LogP contribution in [-0.2, 0) is 11.3 Å². The van der Waals surface area contributed by atoms with Gasteiger partial charge in [0, 0.05) is 25.8 Å². The molecule has 2 saturated carbocycles. The van der Waals surface area contributed by atoms with Crippen LogP contribution in [0.2, 0.25) is 0 Å². The zero-order valence-corrected chi connectivity index (χ0v) is 12.7. The first-order valence-electron chi connectivity index (χ1n) is 8.12. The van der Waals surface area contributed by atoms with Crippen molar-refractivity contribution < 1.29 is 4.74 Å². The molecule has 0 aliphatic heterocycles. The third-order valence-corrected chi connectivity index (χ3v) is 4.56. The van der Waals surface area contributed by atoms with Gasteiger partial charge in [0.05, 0.1) is 5.69 Å². The Morgan fingerprint density at radius 2 is 2.10 bits per heavy atom. The Kier molecular flexibility index (Phi) is 4.70. The van der Waals surface area contributed by atoms with Crippen molar-refractivity contribution in [2.45, 2.75) is 63.6 Å². The first-order chi connectivity index (χ1) is 10.3. The van der Waals surface area contributed by atoms with Crippen LogP contribution in [0, 0.1) is 5.92 Å². The molecule has 1 aromatic heterocycles. The lowest BCUT2D eigenvalue weighted by Crippen LogP contribution is -2.25. The second-order valence-electron chi connectivity index (χ2n) is 6.33. The molecule has 5 nitrogen and oxygen atoms in total. The summed E-state index contributed by atoms with van der Waals surface area (Å²) in [6, 6.07) is 2.21. The van der Waals surface area contributed by atoms with Crippen LogP contribution in [0.15, 0.2) is 10.9 Å². The summed E-state index contributed by atoms with van der Waals surface area (Å²) >= 11 is 0. The van der Waals surface area contributed by atoms with E-state index in [2.05, 4.69) is 15.3 Å². The molecule has 1 atom stereocenters. The van der Waals surface area contributed by atoms with E-state index in [4.69, 9.17) is 4.74 Å². The number of aromatic amines is 1.